The summed E-state index contributed by atoms with van der Waals surface area (Å²) in [5.41, 5.74) is 2.65. The highest BCUT2D eigenvalue weighted by atomic mass is 16.5. The Hall–Kier alpha value is -3.09. The minimum Gasteiger partial charge on any atom is -0.497 e. The van der Waals surface area contributed by atoms with Gasteiger partial charge in [-0.1, -0.05) is 42.5 Å². The Morgan fingerprint density at radius 2 is 1.85 bits per heavy atom. The second kappa shape index (κ2) is 10.5. The summed E-state index contributed by atoms with van der Waals surface area (Å²) in [5.74, 6) is 2.42. The number of fused-ring (bicyclic) bond motifs is 1. The van der Waals surface area contributed by atoms with Crippen molar-refractivity contribution in [2.45, 2.75) is 31.5 Å². The number of piperidine rings is 1. The fraction of sp³-hybridized carbons (Fsp3) is 0.393. The second-order valence-corrected chi connectivity index (χ2v) is 9.23. The molecule has 2 aromatic carbocycles. The molecule has 6 nitrogen and oxygen atoms in total. The predicted octanol–water partition coefficient (Wildman–Crippen LogP) is 4.32. The lowest BCUT2D eigenvalue weighted by Gasteiger charge is -2.39. The third-order valence-corrected chi connectivity index (χ3v) is 7.21. The monoisotopic (exact) mass is 460 g/mol. The molecular formula is C28H32N2O4. The van der Waals surface area contributed by atoms with Gasteiger partial charge in [0.25, 0.3) is 0 Å². The van der Waals surface area contributed by atoms with Gasteiger partial charge in [-0.15, -0.1) is 0 Å². The van der Waals surface area contributed by atoms with Crippen LogP contribution in [0.5, 0.6) is 5.75 Å². The topological polar surface area (TPSA) is 55.2 Å². The van der Waals surface area contributed by atoms with Gasteiger partial charge in [0.1, 0.15) is 24.7 Å². The van der Waals surface area contributed by atoms with E-state index in [9.17, 15) is 4.79 Å². The van der Waals surface area contributed by atoms with Crippen molar-refractivity contribution >= 4 is 5.91 Å². The standard InChI is InChI=1S/C28H32N2O4/c1-32-23-11-9-22(10-12-23)25-17-30(16-21-6-3-2-4-7-21)27-13-14-29(18-26(25)27)28(31)20-33-19-24-8-5-15-34-24/h2-12,15,25-27H,13-14,16-20H2,1H3/t25-,26-,27-/m1/s1. The molecule has 0 bridgehead atoms. The van der Waals surface area contributed by atoms with E-state index >= 15 is 0 Å². The summed E-state index contributed by atoms with van der Waals surface area (Å²) < 4.78 is 16.3. The van der Waals surface area contributed by atoms with Gasteiger partial charge in [0.05, 0.1) is 13.4 Å². The highest BCUT2D eigenvalue weighted by molar-refractivity contribution is 5.77. The Morgan fingerprint density at radius 1 is 1.03 bits per heavy atom. The van der Waals surface area contributed by atoms with Gasteiger partial charge in [-0.2, -0.15) is 0 Å². The molecule has 0 spiro atoms. The first-order chi connectivity index (χ1) is 16.7. The van der Waals surface area contributed by atoms with Gasteiger partial charge in [-0.3, -0.25) is 9.69 Å². The number of amides is 1. The normalized spacial score (nSPS) is 22.5. The molecule has 0 saturated carbocycles. The molecule has 6 heteroatoms. The van der Waals surface area contributed by atoms with E-state index in [0.29, 0.717) is 24.5 Å². The van der Waals surface area contributed by atoms with Gasteiger partial charge >= 0.3 is 0 Å². The number of ether oxygens (including phenoxy) is 2. The largest absolute Gasteiger partial charge is 0.497 e. The van der Waals surface area contributed by atoms with Gasteiger partial charge in [-0.05, 0) is 41.8 Å². The van der Waals surface area contributed by atoms with Crippen LogP contribution in [-0.4, -0.2) is 55.1 Å². The molecule has 3 aromatic rings. The minimum absolute atomic E-state index is 0.0556. The lowest BCUT2D eigenvalue weighted by atomic mass is 9.81. The summed E-state index contributed by atoms with van der Waals surface area (Å²) in [4.78, 5) is 17.6. The van der Waals surface area contributed by atoms with E-state index in [0.717, 1.165) is 44.1 Å². The number of nitrogens with zero attached hydrogens (tertiary/aromatic N) is 2. The van der Waals surface area contributed by atoms with Crippen molar-refractivity contribution in [3.63, 3.8) is 0 Å². The molecule has 2 saturated heterocycles. The number of likely N-dealkylation sites (tertiary alicyclic amines) is 2. The first kappa shape index (κ1) is 22.7. The van der Waals surface area contributed by atoms with Crippen LogP contribution in [0.15, 0.2) is 77.4 Å². The Kier molecular flexibility index (Phi) is 6.97. The number of carbonyl (C=O) groups excluding carboxylic acids is 1. The third kappa shape index (κ3) is 5.03. The summed E-state index contributed by atoms with van der Waals surface area (Å²) in [6.07, 6.45) is 2.60. The number of hydrogen-bond acceptors (Lipinski definition) is 5. The molecule has 0 aliphatic carbocycles. The Morgan fingerprint density at radius 3 is 2.59 bits per heavy atom. The number of hydrogen-bond donors (Lipinski definition) is 0. The molecule has 0 unspecified atom stereocenters. The van der Waals surface area contributed by atoms with Crippen LogP contribution in [0.25, 0.3) is 0 Å². The molecule has 3 atom stereocenters. The quantitative estimate of drug-likeness (QED) is 0.501. The lowest BCUT2D eigenvalue weighted by Crippen LogP contribution is -2.49. The van der Waals surface area contributed by atoms with Crippen molar-refractivity contribution < 1.29 is 18.7 Å². The number of benzene rings is 2. The van der Waals surface area contributed by atoms with Crippen LogP contribution in [0.2, 0.25) is 0 Å². The fourth-order valence-corrected chi connectivity index (χ4v) is 5.50. The van der Waals surface area contributed by atoms with Gasteiger partial charge in [0, 0.05) is 44.1 Å². The van der Waals surface area contributed by atoms with Crippen LogP contribution in [0.3, 0.4) is 0 Å². The molecule has 2 aliphatic rings. The van der Waals surface area contributed by atoms with E-state index in [-0.39, 0.29) is 12.5 Å². The van der Waals surface area contributed by atoms with Crippen LogP contribution in [0, 0.1) is 5.92 Å². The molecule has 0 N–H and O–H groups in total. The van der Waals surface area contributed by atoms with E-state index in [1.54, 1.807) is 13.4 Å². The summed E-state index contributed by atoms with van der Waals surface area (Å²) in [5, 5.41) is 0. The average Bonchev–Trinajstić information content (AvgIpc) is 3.53. The van der Waals surface area contributed by atoms with Crippen molar-refractivity contribution in [3.05, 3.63) is 89.9 Å². The van der Waals surface area contributed by atoms with Crippen molar-refractivity contribution in [1.82, 2.24) is 9.80 Å². The maximum atomic E-state index is 13.0. The Balaban J connectivity index is 1.29. The third-order valence-electron chi connectivity index (χ3n) is 7.21. The molecular weight excluding hydrogens is 428 g/mol. The first-order valence-corrected chi connectivity index (χ1v) is 12.0. The van der Waals surface area contributed by atoms with Crippen molar-refractivity contribution in [1.29, 1.82) is 0 Å². The number of methoxy groups -OCH3 is 1. The molecule has 5 rings (SSSR count). The lowest BCUT2D eigenvalue weighted by molar-refractivity contribution is -0.139. The second-order valence-electron chi connectivity index (χ2n) is 9.23. The van der Waals surface area contributed by atoms with Crippen LogP contribution in [0.4, 0.5) is 0 Å². The van der Waals surface area contributed by atoms with E-state index in [1.165, 1.54) is 11.1 Å². The van der Waals surface area contributed by atoms with Crippen molar-refractivity contribution in [2.24, 2.45) is 5.92 Å². The van der Waals surface area contributed by atoms with Gasteiger partial charge in [-0.25, -0.2) is 0 Å². The van der Waals surface area contributed by atoms with E-state index in [2.05, 4.69) is 47.4 Å². The summed E-state index contributed by atoms with van der Waals surface area (Å²) in [6.45, 7) is 3.86. The average molecular weight is 461 g/mol. The minimum atomic E-state index is 0.0556. The summed E-state index contributed by atoms with van der Waals surface area (Å²) >= 11 is 0. The molecule has 3 heterocycles. The van der Waals surface area contributed by atoms with Crippen LogP contribution in [0.1, 0.15) is 29.2 Å². The molecule has 2 aliphatic heterocycles. The fourth-order valence-electron chi connectivity index (χ4n) is 5.50. The van der Waals surface area contributed by atoms with Crippen molar-refractivity contribution in [3.8, 4) is 5.75 Å². The first-order valence-electron chi connectivity index (χ1n) is 12.0. The van der Waals surface area contributed by atoms with E-state index in [4.69, 9.17) is 13.9 Å². The maximum absolute atomic E-state index is 13.0. The number of rotatable bonds is 8. The van der Waals surface area contributed by atoms with Gasteiger partial charge in [0.15, 0.2) is 0 Å². The molecule has 0 radical (unpaired) electrons. The molecule has 178 valence electrons. The van der Waals surface area contributed by atoms with Crippen LogP contribution in [-0.2, 0) is 22.7 Å². The Bertz CT molecular complexity index is 1050. The zero-order valence-electron chi connectivity index (χ0n) is 19.6. The predicted molar refractivity (Wildman–Crippen MR) is 129 cm³/mol. The molecule has 1 amide bonds. The van der Waals surface area contributed by atoms with Crippen LogP contribution < -0.4 is 4.74 Å². The molecule has 1 aromatic heterocycles. The van der Waals surface area contributed by atoms with E-state index < -0.39 is 0 Å². The summed E-state index contributed by atoms with van der Waals surface area (Å²) in [6, 6.07) is 23.3. The van der Waals surface area contributed by atoms with Gasteiger partial charge < -0.3 is 18.8 Å². The van der Waals surface area contributed by atoms with E-state index in [1.807, 2.05) is 29.2 Å². The zero-order valence-corrected chi connectivity index (χ0v) is 19.6. The van der Waals surface area contributed by atoms with Crippen LogP contribution >= 0.6 is 0 Å². The molecule has 2 fully saturated rings. The molecule has 34 heavy (non-hydrogen) atoms. The maximum Gasteiger partial charge on any atom is 0.248 e. The Labute approximate surface area is 201 Å². The summed E-state index contributed by atoms with van der Waals surface area (Å²) in [7, 11) is 1.70. The van der Waals surface area contributed by atoms with Crippen molar-refractivity contribution in [2.75, 3.05) is 33.4 Å². The number of furan rings is 1. The van der Waals surface area contributed by atoms with Gasteiger partial charge in [0.2, 0.25) is 5.91 Å². The highest BCUT2D eigenvalue weighted by Crippen LogP contribution is 2.42. The highest BCUT2D eigenvalue weighted by Gasteiger charge is 2.45. The number of carbonyl (C=O) groups is 1. The SMILES string of the molecule is COc1ccc([C@H]2CN(Cc3ccccc3)[C@@H]3CCN(C(=O)COCc4ccco4)C[C@H]23)cc1. The zero-order chi connectivity index (χ0) is 23.3. The smallest absolute Gasteiger partial charge is 0.248 e.